The Morgan fingerprint density at radius 1 is 1.04 bits per heavy atom. The van der Waals surface area contributed by atoms with Crippen LogP contribution in [-0.4, -0.2) is 30.9 Å². The maximum Gasteiger partial charge on any atom is 0.227 e. The van der Waals surface area contributed by atoms with E-state index in [2.05, 4.69) is 29.2 Å². The average molecular weight is 391 g/mol. The molecule has 0 aliphatic carbocycles. The van der Waals surface area contributed by atoms with E-state index < -0.39 is 0 Å². The minimum Gasteiger partial charge on any atom is -0.372 e. The molecule has 0 bridgehead atoms. The molecule has 2 aromatic carbocycles. The average Bonchev–Trinajstić information content (AvgIpc) is 2.65. The van der Waals surface area contributed by atoms with Crippen molar-refractivity contribution in [1.82, 2.24) is 4.90 Å². The van der Waals surface area contributed by atoms with Gasteiger partial charge in [0.25, 0.3) is 0 Å². The summed E-state index contributed by atoms with van der Waals surface area (Å²) in [5, 5.41) is 1.11. The summed E-state index contributed by atoms with van der Waals surface area (Å²) in [6.45, 7) is 2.86. The van der Waals surface area contributed by atoms with Crippen LogP contribution in [0.5, 0.6) is 0 Å². The van der Waals surface area contributed by atoms with E-state index in [0.29, 0.717) is 16.6 Å². The van der Waals surface area contributed by atoms with Gasteiger partial charge in [0.15, 0.2) is 0 Å². The molecule has 0 unspecified atom stereocenters. The second kappa shape index (κ2) is 8.79. The zero-order valence-electron chi connectivity index (χ0n) is 15.0. The molecule has 0 atom stereocenters. The Balaban J connectivity index is 1.58. The van der Waals surface area contributed by atoms with Gasteiger partial charge in [0.2, 0.25) is 5.91 Å². The van der Waals surface area contributed by atoms with Gasteiger partial charge in [-0.05, 0) is 54.7 Å². The molecule has 5 heteroatoms. The fourth-order valence-electron chi connectivity index (χ4n) is 3.29. The maximum absolute atomic E-state index is 12.5. The first-order valence-electron chi connectivity index (χ1n) is 9.05. The molecular weight excluding hydrogens is 367 g/mol. The van der Waals surface area contributed by atoms with Crippen molar-refractivity contribution in [2.24, 2.45) is 0 Å². The largest absolute Gasteiger partial charge is 0.372 e. The molecule has 0 saturated carbocycles. The number of piperidine rings is 1. The van der Waals surface area contributed by atoms with Crippen LogP contribution in [0.1, 0.15) is 30.4 Å². The summed E-state index contributed by atoms with van der Waals surface area (Å²) >= 11 is 12.1. The van der Waals surface area contributed by atoms with Gasteiger partial charge in [-0.2, -0.15) is 0 Å². The van der Waals surface area contributed by atoms with Crippen molar-refractivity contribution in [1.29, 1.82) is 0 Å². The number of carbonyl (C=O) groups excluding carboxylic acids is 1. The van der Waals surface area contributed by atoms with E-state index >= 15 is 0 Å². The lowest BCUT2D eigenvalue weighted by Crippen LogP contribution is -2.29. The number of anilines is 1. The maximum atomic E-state index is 12.5. The first kappa shape index (κ1) is 19.1. The summed E-state index contributed by atoms with van der Waals surface area (Å²) in [7, 11) is 1.82. The van der Waals surface area contributed by atoms with Crippen molar-refractivity contribution in [3.8, 4) is 0 Å². The molecule has 0 aromatic heterocycles. The predicted octanol–water partition coefficient (Wildman–Crippen LogP) is 5.18. The summed E-state index contributed by atoms with van der Waals surface area (Å²) < 4.78 is 0. The molecule has 1 saturated heterocycles. The van der Waals surface area contributed by atoms with Crippen LogP contribution in [-0.2, 0) is 17.8 Å². The molecule has 1 aliphatic rings. The third-order valence-corrected chi connectivity index (χ3v) is 5.45. The number of amides is 1. The van der Waals surface area contributed by atoms with E-state index in [9.17, 15) is 4.79 Å². The van der Waals surface area contributed by atoms with Gasteiger partial charge >= 0.3 is 0 Å². The minimum atomic E-state index is 0.0364. The van der Waals surface area contributed by atoms with E-state index in [4.69, 9.17) is 23.2 Å². The van der Waals surface area contributed by atoms with Crippen LogP contribution in [0.25, 0.3) is 0 Å². The Bertz CT molecular complexity index is 755. The SMILES string of the molecule is CN(Cc1ccc(N2CCCCC2)cc1)C(=O)Cc1ccc(Cl)cc1Cl. The molecule has 1 amide bonds. The number of benzene rings is 2. The van der Waals surface area contributed by atoms with Crippen LogP contribution in [0, 0.1) is 0 Å². The smallest absolute Gasteiger partial charge is 0.227 e. The van der Waals surface area contributed by atoms with E-state index in [1.54, 1.807) is 17.0 Å². The summed E-state index contributed by atoms with van der Waals surface area (Å²) in [6.07, 6.45) is 4.15. The fourth-order valence-corrected chi connectivity index (χ4v) is 3.76. The molecule has 26 heavy (non-hydrogen) atoms. The van der Waals surface area contributed by atoms with Gasteiger partial charge in [-0.3, -0.25) is 4.79 Å². The molecule has 0 N–H and O–H groups in total. The number of likely N-dealkylation sites (N-methyl/N-ethyl adjacent to an activating group) is 1. The molecule has 1 fully saturated rings. The second-order valence-electron chi connectivity index (χ2n) is 6.88. The van der Waals surface area contributed by atoms with Gasteiger partial charge in [-0.25, -0.2) is 0 Å². The van der Waals surface area contributed by atoms with Crippen LogP contribution >= 0.6 is 23.2 Å². The molecule has 2 aromatic rings. The van der Waals surface area contributed by atoms with Crippen molar-refractivity contribution >= 4 is 34.8 Å². The predicted molar refractivity (Wildman–Crippen MR) is 109 cm³/mol. The van der Waals surface area contributed by atoms with Crippen molar-refractivity contribution in [2.45, 2.75) is 32.2 Å². The third kappa shape index (κ3) is 4.93. The van der Waals surface area contributed by atoms with Crippen molar-refractivity contribution in [2.75, 3.05) is 25.0 Å². The zero-order chi connectivity index (χ0) is 18.5. The van der Waals surface area contributed by atoms with Gasteiger partial charge in [0.05, 0.1) is 6.42 Å². The fraction of sp³-hybridized carbons (Fsp3) is 0.381. The van der Waals surface area contributed by atoms with Gasteiger partial charge in [0, 0.05) is 42.4 Å². The lowest BCUT2D eigenvalue weighted by atomic mass is 10.1. The number of nitrogens with zero attached hydrogens (tertiary/aromatic N) is 2. The van der Waals surface area contributed by atoms with Crippen LogP contribution < -0.4 is 4.90 Å². The Hall–Kier alpha value is -1.71. The Kier molecular flexibility index (Phi) is 6.44. The summed E-state index contributed by atoms with van der Waals surface area (Å²) in [5.74, 6) is 0.0364. The Labute approximate surface area is 165 Å². The molecule has 3 rings (SSSR count). The van der Waals surface area contributed by atoms with E-state index in [1.165, 1.54) is 24.9 Å². The second-order valence-corrected chi connectivity index (χ2v) is 7.72. The zero-order valence-corrected chi connectivity index (χ0v) is 16.6. The molecule has 0 spiro atoms. The number of hydrogen-bond donors (Lipinski definition) is 0. The lowest BCUT2D eigenvalue weighted by Gasteiger charge is -2.29. The van der Waals surface area contributed by atoms with Crippen molar-refractivity contribution in [3.05, 3.63) is 63.6 Å². The van der Waals surface area contributed by atoms with Crippen LogP contribution in [0.2, 0.25) is 10.0 Å². The highest BCUT2D eigenvalue weighted by Crippen LogP contribution is 2.23. The molecule has 1 heterocycles. The Morgan fingerprint density at radius 3 is 2.38 bits per heavy atom. The minimum absolute atomic E-state index is 0.0364. The standard InChI is InChI=1S/C21H24Cl2N2O/c1-24(21(26)13-17-7-8-18(22)14-20(17)23)15-16-5-9-19(10-6-16)25-11-3-2-4-12-25/h5-10,14H,2-4,11-13,15H2,1H3. The number of rotatable bonds is 5. The monoisotopic (exact) mass is 390 g/mol. The summed E-state index contributed by atoms with van der Waals surface area (Å²) in [5.41, 5.74) is 3.20. The van der Waals surface area contributed by atoms with E-state index in [-0.39, 0.29) is 12.3 Å². The topological polar surface area (TPSA) is 23.6 Å². The van der Waals surface area contributed by atoms with Gasteiger partial charge in [-0.15, -0.1) is 0 Å². The summed E-state index contributed by atoms with van der Waals surface area (Å²) in [4.78, 5) is 16.7. The third-order valence-electron chi connectivity index (χ3n) is 4.86. The number of halogens is 2. The number of hydrogen-bond acceptors (Lipinski definition) is 2. The summed E-state index contributed by atoms with van der Waals surface area (Å²) in [6, 6.07) is 13.8. The van der Waals surface area contributed by atoms with Gasteiger partial charge in [0.1, 0.15) is 0 Å². The molecular formula is C21H24Cl2N2O. The normalized spacial score (nSPS) is 14.3. The molecule has 3 nitrogen and oxygen atoms in total. The van der Waals surface area contributed by atoms with Crippen LogP contribution in [0.3, 0.4) is 0 Å². The number of carbonyl (C=O) groups is 1. The first-order valence-corrected chi connectivity index (χ1v) is 9.80. The quantitative estimate of drug-likeness (QED) is 0.701. The Morgan fingerprint density at radius 2 is 1.73 bits per heavy atom. The highest BCUT2D eigenvalue weighted by Gasteiger charge is 2.14. The van der Waals surface area contributed by atoms with Crippen LogP contribution in [0.15, 0.2) is 42.5 Å². The highest BCUT2D eigenvalue weighted by molar-refractivity contribution is 6.35. The van der Waals surface area contributed by atoms with E-state index in [1.807, 2.05) is 13.1 Å². The molecule has 1 aliphatic heterocycles. The van der Waals surface area contributed by atoms with Crippen LogP contribution in [0.4, 0.5) is 5.69 Å². The molecule has 138 valence electrons. The van der Waals surface area contributed by atoms with Crippen molar-refractivity contribution in [3.63, 3.8) is 0 Å². The first-order chi connectivity index (χ1) is 12.5. The van der Waals surface area contributed by atoms with E-state index in [0.717, 1.165) is 24.2 Å². The lowest BCUT2D eigenvalue weighted by molar-refractivity contribution is -0.129. The molecule has 0 radical (unpaired) electrons. The van der Waals surface area contributed by atoms with Crippen molar-refractivity contribution < 1.29 is 4.79 Å². The highest BCUT2D eigenvalue weighted by atomic mass is 35.5. The van der Waals surface area contributed by atoms with Gasteiger partial charge in [-0.1, -0.05) is 41.4 Å². The van der Waals surface area contributed by atoms with Gasteiger partial charge < -0.3 is 9.80 Å².